The molecule has 11 heavy (non-hydrogen) atoms. The zero-order valence-electron chi connectivity index (χ0n) is 5.65. The van der Waals surface area contributed by atoms with E-state index in [1.54, 1.807) is 12.1 Å². The van der Waals surface area contributed by atoms with E-state index in [1.165, 1.54) is 12.1 Å². The SMILES string of the molecule is NC(=O)c1ccccc1N=O. The molecule has 0 aliphatic heterocycles. The van der Waals surface area contributed by atoms with Crippen LogP contribution >= 0.6 is 0 Å². The van der Waals surface area contributed by atoms with Crippen molar-refractivity contribution in [3.05, 3.63) is 34.7 Å². The van der Waals surface area contributed by atoms with Crippen LogP contribution in [0.15, 0.2) is 29.4 Å². The van der Waals surface area contributed by atoms with Gasteiger partial charge in [-0.25, -0.2) is 0 Å². The van der Waals surface area contributed by atoms with Crippen LogP contribution in [0.25, 0.3) is 0 Å². The number of hydrogen-bond acceptors (Lipinski definition) is 3. The van der Waals surface area contributed by atoms with E-state index in [1.807, 2.05) is 0 Å². The fourth-order valence-electron chi connectivity index (χ4n) is 0.762. The number of nitrogens with two attached hydrogens (primary N) is 1. The molecule has 1 amide bonds. The maximum absolute atomic E-state index is 10.6. The predicted molar refractivity (Wildman–Crippen MR) is 40.4 cm³/mol. The molecule has 0 radical (unpaired) electrons. The smallest absolute Gasteiger partial charge is 0.251 e. The molecule has 1 rings (SSSR count). The van der Waals surface area contributed by atoms with Crippen molar-refractivity contribution in [3.8, 4) is 0 Å². The molecule has 1 aromatic carbocycles. The van der Waals surface area contributed by atoms with E-state index in [2.05, 4.69) is 5.18 Å². The summed E-state index contributed by atoms with van der Waals surface area (Å²) < 4.78 is 0. The highest BCUT2D eigenvalue weighted by Gasteiger charge is 2.05. The maximum Gasteiger partial charge on any atom is 0.251 e. The van der Waals surface area contributed by atoms with Crippen molar-refractivity contribution in [2.24, 2.45) is 10.9 Å². The molecule has 0 saturated heterocycles. The first kappa shape index (κ1) is 7.40. The van der Waals surface area contributed by atoms with Gasteiger partial charge in [0, 0.05) is 0 Å². The van der Waals surface area contributed by atoms with Crippen LogP contribution in [-0.4, -0.2) is 5.91 Å². The summed E-state index contributed by atoms with van der Waals surface area (Å²) in [7, 11) is 0. The zero-order valence-corrected chi connectivity index (χ0v) is 5.65. The van der Waals surface area contributed by atoms with Gasteiger partial charge in [0.25, 0.3) is 5.91 Å². The molecule has 0 unspecified atom stereocenters. The zero-order chi connectivity index (χ0) is 8.27. The van der Waals surface area contributed by atoms with Crippen molar-refractivity contribution in [2.45, 2.75) is 0 Å². The van der Waals surface area contributed by atoms with E-state index in [9.17, 15) is 9.70 Å². The number of amides is 1. The van der Waals surface area contributed by atoms with Crippen LogP contribution in [-0.2, 0) is 0 Å². The first-order chi connectivity index (χ1) is 5.25. The summed E-state index contributed by atoms with van der Waals surface area (Å²) in [6, 6.07) is 6.13. The minimum Gasteiger partial charge on any atom is -0.366 e. The van der Waals surface area contributed by atoms with E-state index in [4.69, 9.17) is 5.73 Å². The minimum atomic E-state index is -0.639. The number of carbonyl (C=O) groups excluding carboxylic acids is 1. The lowest BCUT2D eigenvalue weighted by molar-refractivity contribution is 0.100. The summed E-state index contributed by atoms with van der Waals surface area (Å²) in [6.07, 6.45) is 0. The average Bonchev–Trinajstić information content (AvgIpc) is 2.04. The van der Waals surface area contributed by atoms with Gasteiger partial charge < -0.3 is 5.73 Å². The van der Waals surface area contributed by atoms with Crippen LogP contribution in [0.4, 0.5) is 5.69 Å². The van der Waals surface area contributed by atoms with Gasteiger partial charge in [-0.1, -0.05) is 12.1 Å². The predicted octanol–water partition coefficient (Wildman–Crippen LogP) is 1.18. The number of hydrogen-bond donors (Lipinski definition) is 1. The molecule has 0 bridgehead atoms. The lowest BCUT2D eigenvalue weighted by Gasteiger charge is -1.95. The summed E-state index contributed by atoms with van der Waals surface area (Å²) in [6.45, 7) is 0. The summed E-state index contributed by atoms with van der Waals surface area (Å²) in [5.41, 5.74) is 5.19. The number of carbonyl (C=O) groups is 1. The number of nitrogens with zero attached hydrogens (tertiary/aromatic N) is 1. The summed E-state index contributed by atoms with van der Waals surface area (Å²) in [5, 5.41) is 2.64. The van der Waals surface area contributed by atoms with Gasteiger partial charge in [0.1, 0.15) is 5.69 Å². The van der Waals surface area contributed by atoms with Gasteiger partial charge in [-0.2, -0.15) is 0 Å². The standard InChI is InChI=1S/C7H6N2O2/c8-7(10)5-3-1-2-4-6(5)9-11/h1-4H,(H2,8,10). The van der Waals surface area contributed by atoms with Gasteiger partial charge in [-0.05, 0) is 17.3 Å². The van der Waals surface area contributed by atoms with Gasteiger partial charge in [-0.3, -0.25) is 4.79 Å². The van der Waals surface area contributed by atoms with E-state index < -0.39 is 5.91 Å². The largest absolute Gasteiger partial charge is 0.366 e. The number of primary amides is 1. The van der Waals surface area contributed by atoms with Crippen molar-refractivity contribution in [2.75, 3.05) is 0 Å². The maximum atomic E-state index is 10.6. The molecule has 4 nitrogen and oxygen atoms in total. The molecule has 56 valence electrons. The average molecular weight is 150 g/mol. The van der Waals surface area contributed by atoms with Crippen molar-refractivity contribution in [3.63, 3.8) is 0 Å². The number of nitroso groups, excluding NO2 is 1. The second kappa shape index (κ2) is 2.92. The Bertz CT molecular complexity index is 296. The van der Waals surface area contributed by atoms with Gasteiger partial charge in [0.05, 0.1) is 5.56 Å². The normalized spacial score (nSPS) is 9.09. The fourth-order valence-corrected chi connectivity index (χ4v) is 0.762. The van der Waals surface area contributed by atoms with E-state index in [-0.39, 0.29) is 11.3 Å². The van der Waals surface area contributed by atoms with E-state index in [0.717, 1.165) is 0 Å². The van der Waals surface area contributed by atoms with Gasteiger partial charge in [0.15, 0.2) is 0 Å². The molecule has 0 fully saturated rings. The third kappa shape index (κ3) is 1.40. The Labute approximate surface area is 63.0 Å². The van der Waals surface area contributed by atoms with Crippen molar-refractivity contribution in [1.82, 2.24) is 0 Å². The highest BCUT2D eigenvalue weighted by Crippen LogP contribution is 2.16. The van der Waals surface area contributed by atoms with Crippen LogP contribution in [0, 0.1) is 4.91 Å². The lowest BCUT2D eigenvalue weighted by Crippen LogP contribution is -2.10. The molecular weight excluding hydrogens is 144 g/mol. The number of rotatable bonds is 2. The third-order valence-electron chi connectivity index (χ3n) is 1.27. The Balaban J connectivity index is 3.22. The molecule has 4 heteroatoms. The molecule has 1 aromatic rings. The quantitative estimate of drug-likeness (QED) is 0.643. The highest BCUT2D eigenvalue weighted by molar-refractivity contribution is 5.97. The van der Waals surface area contributed by atoms with Crippen molar-refractivity contribution in [1.29, 1.82) is 0 Å². The summed E-state index contributed by atoms with van der Waals surface area (Å²) in [5.74, 6) is -0.639. The molecule has 0 aromatic heterocycles. The summed E-state index contributed by atoms with van der Waals surface area (Å²) in [4.78, 5) is 20.7. The van der Waals surface area contributed by atoms with Crippen LogP contribution in [0.5, 0.6) is 0 Å². The molecule has 0 heterocycles. The van der Waals surface area contributed by atoms with Crippen molar-refractivity contribution < 1.29 is 4.79 Å². The van der Waals surface area contributed by atoms with Gasteiger partial charge in [0.2, 0.25) is 0 Å². The molecule has 0 spiro atoms. The highest BCUT2D eigenvalue weighted by atomic mass is 16.3. The topological polar surface area (TPSA) is 72.5 Å². The second-order valence-corrected chi connectivity index (χ2v) is 1.97. The summed E-state index contributed by atoms with van der Waals surface area (Å²) >= 11 is 0. The third-order valence-corrected chi connectivity index (χ3v) is 1.27. The van der Waals surface area contributed by atoms with Crippen LogP contribution < -0.4 is 5.73 Å². The van der Waals surface area contributed by atoms with E-state index >= 15 is 0 Å². The van der Waals surface area contributed by atoms with Crippen molar-refractivity contribution >= 4 is 11.6 Å². The molecular formula is C7H6N2O2. The Morgan fingerprint density at radius 3 is 2.45 bits per heavy atom. The molecule has 0 atom stereocenters. The van der Waals surface area contributed by atoms with E-state index in [0.29, 0.717) is 0 Å². The molecule has 0 aliphatic rings. The second-order valence-electron chi connectivity index (χ2n) is 1.97. The Morgan fingerprint density at radius 1 is 1.36 bits per heavy atom. The van der Waals surface area contributed by atoms with Gasteiger partial charge in [-0.15, -0.1) is 4.91 Å². The monoisotopic (exact) mass is 150 g/mol. The lowest BCUT2D eigenvalue weighted by atomic mass is 10.2. The Morgan fingerprint density at radius 2 is 2.00 bits per heavy atom. The number of benzene rings is 1. The Kier molecular flexibility index (Phi) is 1.96. The molecule has 2 N–H and O–H groups in total. The Hall–Kier alpha value is -1.71. The molecule has 0 saturated carbocycles. The minimum absolute atomic E-state index is 0.0833. The fraction of sp³-hybridized carbons (Fsp3) is 0. The van der Waals surface area contributed by atoms with Crippen LogP contribution in [0.2, 0.25) is 0 Å². The first-order valence-corrected chi connectivity index (χ1v) is 2.98. The first-order valence-electron chi connectivity index (χ1n) is 2.98. The van der Waals surface area contributed by atoms with Gasteiger partial charge >= 0.3 is 0 Å². The van der Waals surface area contributed by atoms with Crippen LogP contribution in [0.3, 0.4) is 0 Å². The molecule has 0 aliphatic carbocycles. The van der Waals surface area contributed by atoms with Crippen LogP contribution in [0.1, 0.15) is 10.4 Å².